The van der Waals surface area contributed by atoms with E-state index in [0.29, 0.717) is 18.8 Å². The lowest BCUT2D eigenvalue weighted by Gasteiger charge is -2.23. The van der Waals surface area contributed by atoms with Crippen LogP contribution in [0, 0.1) is 0 Å². The van der Waals surface area contributed by atoms with Crippen molar-refractivity contribution in [2.24, 2.45) is 9.98 Å². The largest absolute Gasteiger partial charge is 0.477 e. The average molecular weight is 221 g/mol. The third-order valence-electron chi connectivity index (χ3n) is 2.18. The maximum atomic E-state index is 11.2. The lowest BCUT2D eigenvalue weighted by atomic mass is 10.2. The first kappa shape index (κ1) is 12.2. The summed E-state index contributed by atoms with van der Waals surface area (Å²) >= 11 is 0. The Morgan fingerprint density at radius 3 is 2.88 bits per heavy atom. The standard InChI is InChI=1S/C11H15N3O2/c1-4-9(12-3)10(11(15)16)14-6-8(2)5-13-7-14/h5-6H,3-4,7H2,1-2H3,(H,15,16)/b10-9-. The number of carbonyl (C=O) groups is 1. The van der Waals surface area contributed by atoms with Crippen LogP contribution in [-0.4, -0.2) is 35.6 Å². The number of hydrogen-bond acceptors (Lipinski definition) is 4. The number of carboxylic acid groups (broad SMARTS) is 1. The molecule has 5 nitrogen and oxygen atoms in total. The quantitative estimate of drug-likeness (QED) is 0.579. The second-order valence-corrected chi connectivity index (χ2v) is 3.41. The lowest BCUT2D eigenvalue weighted by molar-refractivity contribution is -0.134. The van der Waals surface area contributed by atoms with E-state index in [4.69, 9.17) is 0 Å². The fourth-order valence-electron chi connectivity index (χ4n) is 1.49. The van der Waals surface area contributed by atoms with Crippen molar-refractivity contribution in [2.45, 2.75) is 20.3 Å². The molecule has 0 aromatic heterocycles. The fraction of sp³-hybridized carbons (Fsp3) is 0.364. The van der Waals surface area contributed by atoms with E-state index in [1.165, 1.54) is 0 Å². The molecule has 0 fully saturated rings. The first-order valence-corrected chi connectivity index (χ1v) is 4.98. The predicted molar refractivity (Wildman–Crippen MR) is 63.5 cm³/mol. The van der Waals surface area contributed by atoms with Crippen molar-refractivity contribution in [3.8, 4) is 0 Å². The summed E-state index contributed by atoms with van der Waals surface area (Å²) in [6, 6.07) is 0. The van der Waals surface area contributed by atoms with Gasteiger partial charge in [-0.2, -0.15) is 0 Å². The van der Waals surface area contributed by atoms with Crippen molar-refractivity contribution in [3.63, 3.8) is 0 Å². The molecule has 0 aliphatic carbocycles. The molecule has 0 saturated heterocycles. The number of nitrogens with zero attached hydrogens (tertiary/aromatic N) is 3. The molecule has 5 heteroatoms. The van der Waals surface area contributed by atoms with Crippen LogP contribution in [0.4, 0.5) is 0 Å². The molecule has 0 spiro atoms. The molecule has 0 atom stereocenters. The Hall–Kier alpha value is -1.91. The predicted octanol–water partition coefficient (Wildman–Crippen LogP) is 1.64. The Morgan fingerprint density at radius 2 is 2.44 bits per heavy atom. The van der Waals surface area contributed by atoms with Crippen LogP contribution in [0.15, 0.2) is 33.2 Å². The maximum Gasteiger partial charge on any atom is 0.354 e. The van der Waals surface area contributed by atoms with Crippen molar-refractivity contribution in [3.05, 3.63) is 23.2 Å². The molecule has 0 saturated carbocycles. The molecule has 1 rings (SSSR count). The molecule has 0 radical (unpaired) electrons. The summed E-state index contributed by atoms with van der Waals surface area (Å²) in [5.41, 5.74) is 1.52. The Balaban J connectivity index is 3.14. The van der Waals surface area contributed by atoms with Gasteiger partial charge in [0.2, 0.25) is 0 Å². The van der Waals surface area contributed by atoms with Crippen molar-refractivity contribution in [1.29, 1.82) is 0 Å². The molecule has 86 valence electrons. The number of aliphatic carboxylic acids is 1. The molecule has 0 aromatic rings. The van der Waals surface area contributed by atoms with E-state index in [0.717, 1.165) is 5.57 Å². The molecule has 1 aliphatic heterocycles. The zero-order chi connectivity index (χ0) is 12.1. The summed E-state index contributed by atoms with van der Waals surface area (Å²) in [5, 5.41) is 9.18. The highest BCUT2D eigenvalue weighted by atomic mass is 16.4. The van der Waals surface area contributed by atoms with Crippen LogP contribution in [-0.2, 0) is 4.79 Å². The Morgan fingerprint density at radius 1 is 1.75 bits per heavy atom. The van der Waals surface area contributed by atoms with E-state index in [9.17, 15) is 9.90 Å². The zero-order valence-corrected chi connectivity index (χ0v) is 9.47. The molecule has 0 unspecified atom stereocenters. The molecular weight excluding hydrogens is 206 g/mol. The van der Waals surface area contributed by atoms with Crippen LogP contribution in [0.3, 0.4) is 0 Å². The van der Waals surface area contributed by atoms with Crippen LogP contribution >= 0.6 is 0 Å². The van der Waals surface area contributed by atoms with E-state index in [1.807, 2.05) is 13.8 Å². The number of aliphatic imine (C=N–C) groups is 2. The van der Waals surface area contributed by atoms with E-state index >= 15 is 0 Å². The van der Waals surface area contributed by atoms with E-state index in [-0.39, 0.29) is 5.70 Å². The highest BCUT2D eigenvalue weighted by molar-refractivity contribution is 5.88. The van der Waals surface area contributed by atoms with Crippen molar-refractivity contribution in [1.82, 2.24) is 4.90 Å². The van der Waals surface area contributed by atoms with Gasteiger partial charge in [-0.25, -0.2) is 4.79 Å². The van der Waals surface area contributed by atoms with Gasteiger partial charge in [-0.15, -0.1) is 0 Å². The minimum atomic E-state index is -1.01. The van der Waals surface area contributed by atoms with Crippen LogP contribution in [0.2, 0.25) is 0 Å². The molecule has 0 amide bonds. The van der Waals surface area contributed by atoms with Gasteiger partial charge in [0.25, 0.3) is 0 Å². The average Bonchev–Trinajstić information content (AvgIpc) is 2.24. The topological polar surface area (TPSA) is 65.3 Å². The molecular formula is C11H15N3O2. The molecule has 1 heterocycles. The van der Waals surface area contributed by atoms with Gasteiger partial charge < -0.3 is 10.0 Å². The van der Waals surface area contributed by atoms with Gasteiger partial charge in [-0.3, -0.25) is 9.98 Å². The number of rotatable bonds is 4. The summed E-state index contributed by atoms with van der Waals surface area (Å²) in [5.74, 6) is -1.01. The smallest absolute Gasteiger partial charge is 0.354 e. The number of carboxylic acids is 1. The minimum Gasteiger partial charge on any atom is -0.477 e. The van der Waals surface area contributed by atoms with Crippen LogP contribution in [0.5, 0.6) is 0 Å². The molecule has 1 aliphatic rings. The monoisotopic (exact) mass is 221 g/mol. The first-order valence-electron chi connectivity index (χ1n) is 4.98. The number of hydrogen-bond donors (Lipinski definition) is 1. The van der Waals surface area contributed by atoms with Gasteiger partial charge >= 0.3 is 5.97 Å². The molecule has 0 bridgehead atoms. The molecule has 0 aromatic carbocycles. The number of allylic oxidation sites excluding steroid dienone is 2. The second kappa shape index (κ2) is 5.25. The van der Waals surface area contributed by atoms with Crippen LogP contribution in [0.1, 0.15) is 20.3 Å². The highest BCUT2D eigenvalue weighted by Gasteiger charge is 2.20. The van der Waals surface area contributed by atoms with Gasteiger partial charge in [0, 0.05) is 12.4 Å². The van der Waals surface area contributed by atoms with Gasteiger partial charge in [-0.05, 0) is 25.6 Å². The van der Waals surface area contributed by atoms with Crippen molar-refractivity contribution < 1.29 is 9.90 Å². The summed E-state index contributed by atoms with van der Waals surface area (Å²) in [7, 11) is 0. The van der Waals surface area contributed by atoms with E-state index in [1.54, 1.807) is 17.3 Å². The lowest BCUT2D eigenvalue weighted by Crippen LogP contribution is -2.26. The van der Waals surface area contributed by atoms with Gasteiger partial charge in [-0.1, -0.05) is 6.92 Å². The fourth-order valence-corrected chi connectivity index (χ4v) is 1.49. The van der Waals surface area contributed by atoms with Crippen LogP contribution < -0.4 is 0 Å². The Kier molecular flexibility index (Phi) is 3.99. The summed E-state index contributed by atoms with van der Waals surface area (Å²) in [6.07, 6.45) is 3.98. The van der Waals surface area contributed by atoms with Crippen LogP contribution in [0.25, 0.3) is 0 Å². The zero-order valence-electron chi connectivity index (χ0n) is 9.47. The summed E-state index contributed by atoms with van der Waals surface area (Å²) in [6.45, 7) is 7.40. The summed E-state index contributed by atoms with van der Waals surface area (Å²) < 4.78 is 0. The van der Waals surface area contributed by atoms with Gasteiger partial charge in [0.1, 0.15) is 6.67 Å². The molecule has 16 heavy (non-hydrogen) atoms. The summed E-state index contributed by atoms with van der Waals surface area (Å²) in [4.78, 5) is 20.6. The van der Waals surface area contributed by atoms with Crippen molar-refractivity contribution >= 4 is 18.9 Å². The van der Waals surface area contributed by atoms with Gasteiger partial charge in [0.05, 0.1) is 5.70 Å². The third kappa shape index (κ3) is 2.56. The maximum absolute atomic E-state index is 11.2. The minimum absolute atomic E-state index is 0.147. The Labute approximate surface area is 94.5 Å². The van der Waals surface area contributed by atoms with Gasteiger partial charge in [0.15, 0.2) is 5.70 Å². The van der Waals surface area contributed by atoms with E-state index in [2.05, 4.69) is 16.7 Å². The normalized spacial score (nSPS) is 16.6. The second-order valence-electron chi connectivity index (χ2n) is 3.41. The third-order valence-corrected chi connectivity index (χ3v) is 2.18. The van der Waals surface area contributed by atoms with E-state index < -0.39 is 5.97 Å². The first-order chi connectivity index (χ1) is 7.60. The SMILES string of the molecule is C=N/C(CC)=C(/C(=O)O)N1C=C(C)C=NC1. The van der Waals surface area contributed by atoms with Crippen molar-refractivity contribution in [2.75, 3.05) is 6.67 Å². The molecule has 1 N–H and O–H groups in total. The Bertz CT molecular complexity index is 394. The highest BCUT2D eigenvalue weighted by Crippen LogP contribution is 2.18.